The van der Waals surface area contributed by atoms with Crippen LogP contribution in [0.3, 0.4) is 0 Å². The number of benzene rings is 3. The fourth-order valence-electron chi connectivity index (χ4n) is 4.70. The molecule has 1 fully saturated rings. The van der Waals surface area contributed by atoms with Gasteiger partial charge in [0, 0.05) is 24.0 Å². The van der Waals surface area contributed by atoms with Gasteiger partial charge in [0.2, 0.25) is 5.91 Å². The summed E-state index contributed by atoms with van der Waals surface area (Å²) in [4.78, 5) is 29.1. The molecule has 3 aromatic carbocycles. The van der Waals surface area contributed by atoms with Crippen LogP contribution in [-0.4, -0.2) is 42.5 Å². The summed E-state index contributed by atoms with van der Waals surface area (Å²) in [6, 6.07) is 21.9. The van der Waals surface area contributed by atoms with Crippen LogP contribution >= 0.6 is 27.5 Å². The molecule has 1 N–H and O–H groups in total. The minimum atomic E-state index is -0.714. The molecule has 0 unspecified atom stereocenters. The predicted octanol–water partition coefficient (Wildman–Crippen LogP) is 6.19. The van der Waals surface area contributed by atoms with Crippen molar-refractivity contribution in [2.45, 2.75) is 50.7 Å². The number of carbonyl (C=O) groups is 2. The van der Waals surface area contributed by atoms with Crippen molar-refractivity contribution in [3.8, 4) is 11.5 Å². The summed E-state index contributed by atoms with van der Waals surface area (Å²) in [5, 5.41) is 3.77. The van der Waals surface area contributed by atoms with E-state index >= 15 is 0 Å². The van der Waals surface area contributed by atoms with Gasteiger partial charge in [-0.05, 0) is 70.2 Å². The van der Waals surface area contributed by atoms with E-state index in [0.29, 0.717) is 27.4 Å². The molecule has 200 valence electrons. The van der Waals surface area contributed by atoms with Crippen molar-refractivity contribution in [1.29, 1.82) is 0 Å². The Morgan fingerprint density at radius 1 is 1.03 bits per heavy atom. The van der Waals surface area contributed by atoms with Gasteiger partial charge in [-0.1, -0.05) is 66.9 Å². The number of nitrogens with zero attached hydrogens (tertiary/aromatic N) is 1. The Hall–Kier alpha value is -3.03. The lowest BCUT2D eigenvalue weighted by Crippen LogP contribution is -2.53. The molecule has 0 saturated heterocycles. The van der Waals surface area contributed by atoms with Gasteiger partial charge in [0.15, 0.2) is 6.61 Å². The number of nitrogens with one attached hydrogen (secondary N) is 1. The molecule has 0 bridgehead atoms. The molecule has 0 radical (unpaired) electrons. The lowest BCUT2D eigenvalue weighted by atomic mass is 10.0. The highest BCUT2D eigenvalue weighted by atomic mass is 79.9. The first-order valence-electron chi connectivity index (χ1n) is 12.8. The van der Waals surface area contributed by atoms with E-state index in [1.165, 1.54) is 0 Å². The van der Waals surface area contributed by atoms with Crippen LogP contribution in [0.5, 0.6) is 11.5 Å². The summed E-state index contributed by atoms with van der Waals surface area (Å²) in [6.45, 7) is 0.00294. The van der Waals surface area contributed by atoms with E-state index in [1.54, 1.807) is 30.2 Å². The first kappa shape index (κ1) is 28.0. The Morgan fingerprint density at radius 2 is 1.76 bits per heavy atom. The first-order chi connectivity index (χ1) is 18.4. The number of halogens is 2. The Balaban J connectivity index is 1.63. The number of rotatable bonds is 11. The van der Waals surface area contributed by atoms with E-state index in [9.17, 15) is 9.59 Å². The SMILES string of the molecule is COc1cccc(CN(C(=O)COc2ccc(Cl)cc2Br)[C@H](Cc2ccccc2)C(=O)NC2CCCC2)c1. The third-order valence-electron chi connectivity index (χ3n) is 6.70. The van der Waals surface area contributed by atoms with E-state index < -0.39 is 6.04 Å². The zero-order valence-electron chi connectivity index (χ0n) is 21.4. The maximum Gasteiger partial charge on any atom is 0.261 e. The van der Waals surface area contributed by atoms with Crippen molar-refractivity contribution in [2.24, 2.45) is 0 Å². The van der Waals surface area contributed by atoms with Crippen molar-refractivity contribution in [3.05, 3.63) is 93.4 Å². The molecule has 1 atom stereocenters. The Bertz CT molecular complexity index is 1230. The zero-order valence-corrected chi connectivity index (χ0v) is 23.7. The van der Waals surface area contributed by atoms with E-state index in [2.05, 4.69) is 21.2 Å². The van der Waals surface area contributed by atoms with Crippen LogP contribution < -0.4 is 14.8 Å². The van der Waals surface area contributed by atoms with Gasteiger partial charge in [0.05, 0.1) is 11.6 Å². The Kier molecular flexibility index (Phi) is 10.1. The average Bonchev–Trinajstić information content (AvgIpc) is 3.43. The maximum atomic E-state index is 13.8. The third kappa shape index (κ3) is 7.74. The molecule has 0 aromatic heterocycles. The largest absolute Gasteiger partial charge is 0.497 e. The summed E-state index contributed by atoms with van der Waals surface area (Å²) < 4.78 is 11.9. The number of hydrogen-bond acceptors (Lipinski definition) is 4. The van der Waals surface area contributed by atoms with Gasteiger partial charge < -0.3 is 19.7 Å². The molecule has 1 saturated carbocycles. The van der Waals surface area contributed by atoms with E-state index in [1.807, 2.05) is 54.6 Å². The van der Waals surface area contributed by atoms with Crippen molar-refractivity contribution < 1.29 is 19.1 Å². The first-order valence-corrected chi connectivity index (χ1v) is 13.9. The van der Waals surface area contributed by atoms with Crippen molar-refractivity contribution in [1.82, 2.24) is 10.2 Å². The number of ether oxygens (including phenoxy) is 2. The van der Waals surface area contributed by atoms with Crippen molar-refractivity contribution in [3.63, 3.8) is 0 Å². The monoisotopic (exact) mass is 598 g/mol. The molecule has 2 amide bonds. The number of methoxy groups -OCH3 is 1. The van der Waals surface area contributed by atoms with Gasteiger partial charge >= 0.3 is 0 Å². The number of hydrogen-bond donors (Lipinski definition) is 1. The lowest BCUT2D eigenvalue weighted by Gasteiger charge is -2.32. The zero-order chi connectivity index (χ0) is 26.9. The molecule has 0 heterocycles. The fraction of sp³-hybridized carbons (Fsp3) is 0.333. The molecule has 6 nitrogen and oxygen atoms in total. The molecular weight excluding hydrogens is 568 g/mol. The summed E-state index contributed by atoms with van der Waals surface area (Å²) in [7, 11) is 1.60. The van der Waals surface area contributed by atoms with Gasteiger partial charge in [0.25, 0.3) is 5.91 Å². The predicted molar refractivity (Wildman–Crippen MR) is 153 cm³/mol. The standard InChI is InChI=1S/C30H32BrClN2O4/c1-37-25-13-7-10-22(16-25)19-34(29(35)20-38-28-15-14-23(32)18-26(28)31)27(17-21-8-3-2-4-9-21)30(36)33-24-11-5-6-12-24/h2-4,7-10,13-16,18,24,27H,5-6,11-12,17,19-20H2,1H3,(H,33,36)/t27-/m1/s1. The normalized spacial score (nSPS) is 14.1. The van der Waals surface area contributed by atoms with E-state index in [4.69, 9.17) is 21.1 Å². The highest BCUT2D eigenvalue weighted by molar-refractivity contribution is 9.10. The van der Waals surface area contributed by atoms with Crippen LogP contribution in [0.1, 0.15) is 36.8 Å². The molecule has 3 aromatic rings. The minimum absolute atomic E-state index is 0.135. The van der Waals surface area contributed by atoms with Gasteiger partial charge in [0.1, 0.15) is 17.5 Å². The average molecular weight is 600 g/mol. The van der Waals surface area contributed by atoms with Crippen LogP contribution in [-0.2, 0) is 22.6 Å². The molecule has 1 aliphatic rings. The Labute approximate surface area is 237 Å². The van der Waals surface area contributed by atoms with Crippen molar-refractivity contribution >= 4 is 39.3 Å². The van der Waals surface area contributed by atoms with Gasteiger partial charge in [-0.15, -0.1) is 0 Å². The molecule has 4 rings (SSSR count). The lowest BCUT2D eigenvalue weighted by molar-refractivity contribution is -0.143. The van der Waals surface area contributed by atoms with Gasteiger partial charge in [-0.25, -0.2) is 0 Å². The summed E-state index contributed by atoms with van der Waals surface area (Å²) in [6.07, 6.45) is 4.51. The van der Waals surface area contributed by atoms with E-state index in [-0.39, 0.29) is 31.0 Å². The second-order valence-corrected chi connectivity index (χ2v) is 10.7. The second-order valence-electron chi connectivity index (χ2n) is 9.43. The molecule has 8 heteroatoms. The van der Waals surface area contributed by atoms with Crippen LogP contribution in [0.15, 0.2) is 77.3 Å². The van der Waals surface area contributed by atoms with Crippen LogP contribution in [0.25, 0.3) is 0 Å². The number of carbonyl (C=O) groups excluding carboxylic acids is 2. The molecule has 0 aliphatic heterocycles. The second kappa shape index (κ2) is 13.7. The van der Waals surface area contributed by atoms with Gasteiger partial charge in [-0.3, -0.25) is 9.59 Å². The fourth-order valence-corrected chi connectivity index (χ4v) is 5.50. The molecule has 38 heavy (non-hydrogen) atoms. The quantitative estimate of drug-likeness (QED) is 0.286. The minimum Gasteiger partial charge on any atom is -0.497 e. The smallest absolute Gasteiger partial charge is 0.261 e. The molecule has 1 aliphatic carbocycles. The van der Waals surface area contributed by atoms with Crippen LogP contribution in [0, 0.1) is 0 Å². The molecular formula is C30H32BrClN2O4. The third-order valence-corrected chi connectivity index (χ3v) is 7.56. The summed E-state index contributed by atoms with van der Waals surface area (Å²) >= 11 is 9.49. The highest BCUT2D eigenvalue weighted by Gasteiger charge is 2.32. The van der Waals surface area contributed by atoms with Gasteiger partial charge in [-0.2, -0.15) is 0 Å². The number of amides is 2. The van der Waals surface area contributed by atoms with Crippen LogP contribution in [0.2, 0.25) is 5.02 Å². The summed E-state index contributed by atoms with van der Waals surface area (Å²) in [5.74, 6) is 0.743. The molecule has 0 spiro atoms. The Morgan fingerprint density at radius 3 is 2.47 bits per heavy atom. The van der Waals surface area contributed by atoms with E-state index in [0.717, 1.165) is 36.8 Å². The highest BCUT2D eigenvalue weighted by Crippen LogP contribution is 2.28. The van der Waals surface area contributed by atoms with Crippen molar-refractivity contribution in [2.75, 3.05) is 13.7 Å². The maximum absolute atomic E-state index is 13.8. The summed E-state index contributed by atoms with van der Waals surface area (Å²) in [5.41, 5.74) is 1.83. The van der Waals surface area contributed by atoms with Crippen LogP contribution in [0.4, 0.5) is 0 Å². The topological polar surface area (TPSA) is 67.9 Å².